The molecule has 0 aliphatic heterocycles. The molecule has 41 heavy (non-hydrogen) atoms. The lowest BCUT2D eigenvalue weighted by molar-refractivity contribution is -0.137. The van der Waals surface area contributed by atoms with E-state index in [1.807, 2.05) is 0 Å². The predicted molar refractivity (Wildman–Crippen MR) is 128 cm³/mol. The van der Waals surface area contributed by atoms with Crippen LogP contribution in [0.25, 0.3) is 0 Å². The Hall–Kier alpha value is -5.54. The number of hydrogen-bond donors (Lipinski definition) is 7. The molecule has 1 atom stereocenters. The van der Waals surface area contributed by atoms with Crippen LogP contribution < -0.4 is 10.1 Å². The van der Waals surface area contributed by atoms with Gasteiger partial charge in [-0.15, -0.1) is 0 Å². The first kappa shape index (κ1) is 30.0. The molecule has 0 spiro atoms. The predicted octanol–water partition coefficient (Wildman–Crippen LogP) is 3.11. The Morgan fingerprint density at radius 3 is 1.80 bits per heavy atom. The summed E-state index contributed by atoms with van der Waals surface area (Å²) in [6.07, 6.45) is -7.52. The number of carbonyl (C=O) groups excluding carboxylic acids is 3. The lowest BCUT2D eigenvalue weighted by atomic mass is 10.2. The fourth-order valence-electron chi connectivity index (χ4n) is 3.13. The Kier molecular flexibility index (Phi) is 8.86. The van der Waals surface area contributed by atoms with Crippen molar-refractivity contribution in [3.05, 3.63) is 65.2 Å². The van der Waals surface area contributed by atoms with Gasteiger partial charge in [-0.3, -0.25) is 0 Å². The summed E-state index contributed by atoms with van der Waals surface area (Å²) in [5, 5.41) is 59.4. The molecule has 16 heteroatoms. The maximum absolute atomic E-state index is 12.9. The number of alkyl halides is 3. The van der Waals surface area contributed by atoms with Crippen LogP contribution in [0.15, 0.2) is 48.5 Å². The summed E-state index contributed by atoms with van der Waals surface area (Å²) in [7, 11) is 0. The molecule has 0 fully saturated rings. The van der Waals surface area contributed by atoms with Crippen LogP contribution in [0.3, 0.4) is 0 Å². The van der Waals surface area contributed by atoms with Gasteiger partial charge in [-0.2, -0.15) is 13.2 Å². The summed E-state index contributed by atoms with van der Waals surface area (Å²) >= 11 is 0. The number of nitrogens with one attached hydrogen (secondary N) is 1. The number of phenolic OH excluding ortho intramolecular Hbond substituents is 6. The second-order valence-corrected chi connectivity index (χ2v) is 8.15. The molecule has 1 amide bonds. The lowest BCUT2D eigenvalue weighted by Crippen LogP contribution is -2.39. The van der Waals surface area contributed by atoms with Crippen molar-refractivity contribution < 1.29 is 72.4 Å². The zero-order valence-electron chi connectivity index (χ0n) is 20.4. The number of ether oxygens (including phenoxy) is 3. The van der Waals surface area contributed by atoms with Crippen molar-refractivity contribution in [2.24, 2.45) is 0 Å². The van der Waals surface area contributed by atoms with E-state index in [9.17, 15) is 58.2 Å². The van der Waals surface area contributed by atoms with Gasteiger partial charge in [-0.05, 0) is 42.5 Å². The topological polar surface area (TPSA) is 212 Å². The minimum absolute atomic E-state index is 0.437. The first-order chi connectivity index (χ1) is 19.1. The molecule has 0 aliphatic rings. The van der Waals surface area contributed by atoms with Gasteiger partial charge >= 0.3 is 24.2 Å². The highest BCUT2D eigenvalue weighted by Gasteiger charge is 2.31. The highest BCUT2D eigenvalue weighted by atomic mass is 19.4. The van der Waals surface area contributed by atoms with E-state index in [0.717, 1.165) is 42.5 Å². The molecular formula is C25H20F3NO12. The van der Waals surface area contributed by atoms with E-state index >= 15 is 0 Å². The third kappa shape index (κ3) is 7.75. The molecule has 7 N–H and O–H groups in total. The number of carbonyl (C=O) groups is 3. The number of amides is 1. The van der Waals surface area contributed by atoms with Crippen LogP contribution in [0.2, 0.25) is 0 Å². The summed E-state index contributed by atoms with van der Waals surface area (Å²) in [4.78, 5) is 37.1. The molecular weight excluding hydrogens is 563 g/mol. The lowest BCUT2D eigenvalue weighted by Gasteiger charge is -2.19. The summed E-state index contributed by atoms with van der Waals surface area (Å²) in [6.45, 7) is -1.45. The van der Waals surface area contributed by atoms with Gasteiger partial charge in [0.1, 0.15) is 12.4 Å². The molecule has 0 aromatic heterocycles. The van der Waals surface area contributed by atoms with Gasteiger partial charge < -0.3 is 50.2 Å². The Labute approximate surface area is 227 Å². The molecule has 0 saturated carbocycles. The zero-order valence-corrected chi connectivity index (χ0v) is 20.4. The van der Waals surface area contributed by atoms with E-state index in [1.54, 1.807) is 0 Å². The average Bonchev–Trinajstić information content (AvgIpc) is 2.90. The van der Waals surface area contributed by atoms with Crippen molar-refractivity contribution in [3.8, 4) is 40.2 Å². The highest BCUT2D eigenvalue weighted by molar-refractivity contribution is 5.92. The molecule has 3 aromatic rings. The number of benzene rings is 3. The van der Waals surface area contributed by atoms with E-state index in [0.29, 0.717) is 6.07 Å². The molecule has 0 radical (unpaired) electrons. The van der Waals surface area contributed by atoms with Crippen molar-refractivity contribution in [3.63, 3.8) is 0 Å². The SMILES string of the molecule is O=C(NC[C@@H](COC(=O)c1cc(O)c(O)c(O)c1)OC(=O)c1cc(O)c(O)c(O)c1)Oc1cccc(C(F)(F)F)c1. The van der Waals surface area contributed by atoms with Gasteiger partial charge in [0.2, 0.25) is 0 Å². The normalized spacial score (nSPS) is 11.8. The maximum atomic E-state index is 12.9. The Morgan fingerprint density at radius 2 is 1.29 bits per heavy atom. The smallest absolute Gasteiger partial charge is 0.416 e. The van der Waals surface area contributed by atoms with Crippen LogP contribution in [-0.2, 0) is 15.7 Å². The number of rotatable bonds is 8. The number of aromatic hydroxyl groups is 6. The summed E-state index contributed by atoms with van der Waals surface area (Å²) < 4.78 is 53.6. The first-order valence-corrected chi connectivity index (χ1v) is 11.2. The van der Waals surface area contributed by atoms with Gasteiger partial charge in [-0.1, -0.05) is 6.07 Å². The molecule has 0 saturated heterocycles. The van der Waals surface area contributed by atoms with Crippen molar-refractivity contribution in [2.75, 3.05) is 13.2 Å². The Bertz CT molecular complexity index is 1430. The van der Waals surface area contributed by atoms with Crippen molar-refractivity contribution in [1.29, 1.82) is 0 Å². The van der Waals surface area contributed by atoms with E-state index in [1.165, 1.54) is 0 Å². The van der Waals surface area contributed by atoms with E-state index in [4.69, 9.17) is 14.2 Å². The molecule has 13 nitrogen and oxygen atoms in total. The van der Waals surface area contributed by atoms with Crippen molar-refractivity contribution in [2.45, 2.75) is 12.3 Å². The average molecular weight is 583 g/mol. The van der Waals surface area contributed by atoms with Crippen LogP contribution in [-0.4, -0.2) is 67.9 Å². The van der Waals surface area contributed by atoms with Gasteiger partial charge in [-0.25, -0.2) is 14.4 Å². The van der Waals surface area contributed by atoms with Crippen LogP contribution in [0.4, 0.5) is 18.0 Å². The standard InChI is InChI=1S/C25H20F3NO12/c26-25(27,28)13-2-1-3-14(8-13)41-24(38)29-9-15(40-23(37)12-6-18(32)21(35)19(33)7-12)10-39-22(36)11-4-16(30)20(34)17(31)5-11/h1-8,15,30-35H,9-10H2,(H,29,38)/t15-/m0/s1. The minimum Gasteiger partial charge on any atom is -0.504 e. The summed E-state index contributed by atoms with van der Waals surface area (Å²) in [5.41, 5.74) is -2.00. The van der Waals surface area contributed by atoms with Crippen molar-refractivity contribution in [1.82, 2.24) is 5.32 Å². The monoisotopic (exact) mass is 583 g/mol. The first-order valence-electron chi connectivity index (χ1n) is 11.2. The maximum Gasteiger partial charge on any atom is 0.416 e. The molecule has 218 valence electrons. The fourth-order valence-corrected chi connectivity index (χ4v) is 3.13. The largest absolute Gasteiger partial charge is 0.504 e. The van der Waals surface area contributed by atoms with Gasteiger partial charge in [0.15, 0.2) is 40.6 Å². The molecule has 0 unspecified atom stereocenters. The molecule has 0 bridgehead atoms. The number of hydrogen-bond acceptors (Lipinski definition) is 12. The van der Waals surface area contributed by atoms with E-state index in [2.05, 4.69) is 5.32 Å². The molecule has 3 aromatic carbocycles. The van der Waals surface area contributed by atoms with Gasteiger partial charge in [0.25, 0.3) is 0 Å². The summed E-state index contributed by atoms with van der Waals surface area (Å²) in [6, 6.07) is 6.36. The number of halogens is 3. The van der Waals surface area contributed by atoms with Gasteiger partial charge in [0, 0.05) is 0 Å². The molecule has 0 heterocycles. The number of esters is 2. The summed E-state index contributed by atoms with van der Waals surface area (Å²) in [5.74, 6) is -8.21. The number of phenols is 6. The van der Waals surface area contributed by atoms with E-state index < -0.39 is 100 Å². The van der Waals surface area contributed by atoms with Crippen LogP contribution in [0.1, 0.15) is 26.3 Å². The van der Waals surface area contributed by atoms with Gasteiger partial charge in [0.05, 0.1) is 23.2 Å². The highest BCUT2D eigenvalue weighted by Crippen LogP contribution is 2.36. The quantitative estimate of drug-likeness (QED) is 0.151. The van der Waals surface area contributed by atoms with Crippen LogP contribution >= 0.6 is 0 Å². The molecule has 3 rings (SSSR count). The molecule has 0 aliphatic carbocycles. The Balaban J connectivity index is 1.73. The zero-order chi connectivity index (χ0) is 30.5. The second-order valence-electron chi connectivity index (χ2n) is 8.15. The third-order valence-electron chi connectivity index (χ3n) is 5.13. The second kappa shape index (κ2) is 12.1. The van der Waals surface area contributed by atoms with Crippen LogP contribution in [0, 0.1) is 0 Å². The minimum atomic E-state index is -4.71. The van der Waals surface area contributed by atoms with E-state index in [-0.39, 0.29) is 0 Å². The fraction of sp³-hybridized carbons (Fsp3) is 0.160. The van der Waals surface area contributed by atoms with Crippen LogP contribution in [0.5, 0.6) is 40.2 Å². The Morgan fingerprint density at radius 1 is 0.780 bits per heavy atom. The third-order valence-corrected chi connectivity index (χ3v) is 5.13. The van der Waals surface area contributed by atoms with Crippen molar-refractivity contribution >= 4 is 18.0 Å².